The quantitative estimate of drug-likeness (QED) is 0.726. The van der Waals surface area contributed by atoms with Crippen LogP contribution in [-0.2, 0) is 0 Å². The van der Waals surface area contributed by atoms with Crippen molar-refractivity contribution in [1.82, 2.24) is 20.3 Å². The monoisotopic (exact) mass is 366 g/mol. The van der Waals surface area contributed by atoms with Crippen molar-refractivity contribution in [2.75, 3.05) is 0 Å². The third-order valence-electron chi connectivity index (χ3n) is 3.94. The average Bonchev–Trinajstić information content (AvgIpc) is 2.90. The van der Waals surface area contributed by atoms with Gasteiger partial charge in [0.2, 0.25) is 0 Å². The molecule has 2 aromatic heterocycles. The number of aromatic amines is 1. The molecule has 0 atom stereocenters. The van der Waals surface area contributed by atoms with Crippen LogP contribution in [0.5, 0.6) is 0 Å². The molecule has 0 fully saturated rings. The van der Waals surface area contributed by atoms with Gasteiger partial charge in [-0.15, -0.1) is 0 Å². The van der Waals surface area contributed by atoms with E-state index in [1.807, 2.05) is 18.2 Å². The van der Waals surface area contributed by atoms with E-state index in [1.165, 1.54) is 12.4 Å². The first-order valence-electron chi connectivity index (χ1n) is 7.78. The molecule has 128 valence electrons. The predicted octanol–water partition coefficient (Wildman–Crippen LogP) is 3.65. The second kappa shape index (κ2) is 6.57. The van der Waals surface area contributed by atoms with Gasteiger partial charge in [-0.25, -0.2) is 14.4 Å². The summed E-state index contributed by atoms with van der Waals surface area (Å²) in [5, 5.41) is 3.20. The number of rotatable bonds is 2. The van der Waals surface area contributed by atoms with Crippen LogP contribution < -0.4 is 10.9 Å². The number of hydrogen-bond acceptors (Lipinski definition) is 4. The number of pyridine rings is 1. The highest BCUT2D eigenvalue weighted by Crippen LogP contribution is 2.29. The first-order valence-corrected chi connectivity index (χ1v) is 8.15. The van der Waals surface area contributed by atoms with Crippen molar-refractivity contribution < 1.29 is 4.39 Å². The largest absolute Gasteiger partial charge is 0.361 e. The van der Waals surface area contributed by atoms with Crippen molar-refractivity contribution >= 4 is 33.9 Å². The van der Waals surface area contributed by atoms with Gasteiger partial charge >= 0.3 is 0 Å². The van der Waals surface area contributed by atoms with Crippen molar-refractivity contribution in [3.05, 3.63) is 93.5 Å². The summed E-state index contributed by atoms with van der Waals surface area (Å²) < 4.78 is 13.5. The molecule has 1 aliphatic heterocycles. The van der Waals surface area contributed by atoms with Gasteiger partial charge in [0.15, 0.2) is 5.52 Å². The Balaban J connectivity index is 1.95. The molecule has 0 unspecified atom stereocenters. The summed E-state index contributed by atoms with van der Waals surface area (Å²) in [4.78, 5) is 23.1. The molecule has 4 rings (SSSR count). The number of aromatic nitrogens is 3. The van der Waals surface area contributed by atoms with Gasteiger partial charge < -0.3 is 10.3 Å². The molecule has 0 amide bonds. The van der Waals surface area contributed by atoms with Gasteiger partial charge in [-0.2, -0.15) is 0 Å². The summed E-state index contributed by atoms with van der Waals surface area (Å²) >= 11 is 5.94. The summed E-state index contributed by atoms with van der Waals surface area (Å²) in [7, 11) is 0. The number of fused-ring (bicyclic) bond motifs is 1. The normalized spacial score (nSPS) is 13.8. The second-order valence-corrected chi connectivity index (χ2v) is 5.98. The molecule has 1 aromatic carbocycles. The zero-order valence-electron chi connectivity index (χ0n) is 13.3. The standard InChI is InChI=1S/C19H12ClFN4O/c20-13-9-11(4-5-14(13)21)17-12(3-1-2-8-22-17)15-6-7-16-18(25-15)19(26)24-10-23-16/h1-10,22H,(H,23,24,26). The Morgan fingerprint density at radius 1 is 1.12 bits per heavy atom. The summed E-state index contributed by atoms with van der Waals surface area (Å²) in [6.45, 7) is 0. The SMILES string of the molecule is O=c1[nH]cnc2ccc(C3=C(c4ccc(F)c(Cl)c4)NC=CC=C3)nc12. The third kappa shape index (κ3) is 2.91. The number of nitrogens with one attached hydrogen (secondary N) is 2. The Morgan fingerprint density at radius 2 is 2.00 bits per heavy atom. The lowest BCUT2D eigenvalue weighted by Crippen LogP contribution is -2.10. The molecular weight excluding hydrogens is 355 g/mol. The lowest BCUT2D eigenvalue weighted by Gasteiger charge is -2.13. The Kier molecular flexibility index (Phi) is 4.10. The summed E-state index contributed by atoms with van der Waals surface area (Å²) in [6, 6.07) is 8.01. The molecule has 0 saturated heterocycles. The fraction of sp³-hybridized carbons (Fsp3) is 0. The first kappa shape index (κ1) is 16.2. The van der Waals surface area contributed by atoms with Crippen LogP contribution in [0.3, 0.4) is 0 Å². The average molecular weight is 367 g/mol. The molecule has 2 N–H and O–H groups in total. The number of nitrogens with zero attached hydrogens (tertiary/aromatic N) is 2. The number of halogens is 2. The summed E-state index contributed by atoms with van der Waals surface area (Å²) in [5.41, 5.74) is 3.16. The first-order chi connectivity index (χ1) is 12.6. The van der Waals surface area contributed by atoms with Gasteiger partial charge in [0.25, 0.3) is 5.56 Å². The van der Waals surface area contributed by atoms with E-state index in [0.717, 1.165) is 5.57 Å². The molecule has 0 radical (unpaired) electrons. The molecule has 0 saturated carbocycles. The van der Waals surface area contributed by atoms with Gasteiger partial charge in [-0.1, -0.05) is 23.8 Å². The minimum Gasteiger partial charge on any atom is -0.361 e. The lowest BCUT2D eigenvalue weighted by atomic mass is 10.0. The van der Waals surface area contributed by atoms with Crippen LogP contribution in [0.25, 0.3) is 22.3 Å². The molecule has 3 heterocycles. The van der Waals surface area contributed by atoms with E-state index < -0.39 is 5.82 Å². The van der Waals surface area contributed by atoms with E-state index in [4.69, 9.17) is 11.6 Å². The minimum atomic E-state index is -0.487. The number of allylic oxidation sites excluding steroid dienone is 4. The third-order valence-corrected chi connectivity index (χ3v) is 4.23. The molecule has 3 aromatic rings. The Labute approximate surface area is 152 Å². The van der Waals surface area contributed by atoms with Crippen LogP contribution in [-0.4, -0.2) is 15.0 Å². The molecule has 0 spiro atoms. The molecular formula is C19H12ClFN4O. The van der Waals surface area contributed by atoms with Crippen molar-refractivity contribution in [1.29, 1.82) is 0 Å². The second-order valence-electron chi connectivity index (χ2n) is 5.58. The van der Waals surface area contributed by atoms with Crippen LogP contribution in [0.15, 0.2) is 65.9 Å². The molecule has 1 aliphatic rings. The number of hydrogen-bond donors (Lipinski definition) is 2. The van der Waals surface area contributed by atoms with E-state index >= 15 is 0 Å². The smallest absolute Gasteiger partial charge is 0.277 e. The highest BCUT2D eigenvalue weighted by atomic mass is 35.5. The summed E-state index contributed by atoms with van der Waals surface area (Å²) in [5.74, 6) is -0.487. The Hall–Kier alpha value is -3.25. The predicted molar refractivity (Wildman–Crippen MR) is 99.8 cm³/mol. The topological polar surface area (TPSA) is 70.7 Å². The Morgan fingerprint density at radius 3 is 2.85 bits per heavy atom. The van der Waals surface area contributed by atoms with Crippen molar-refractivity contribution in [2.24, 2.45) is 0 Å². The maximum absolute atomic E-state index is 13.5. The zero-order chi connectivity index (χ0) is 18.1. The zero-order valence-corrected chi connectivity index (χ0v) is 14.1. The van der Waals surface area contributed by atoms with Gasteiger partial charge in [-0.3, -0.25) is 4.79 Å². The molecule has 0 bridgehead atoms. The Bertz CT molecular complexity index is 1160. The van der Waals surface area contributed by atoms with Crippen molar-refractivity contribution in [2.45, 2.75) is 0 Å². The van der Waals surface area contributed by atoms with Crippen LogP contribution in [0.4, 0.5) is 4.39 Å². The van der Waals surface area contributed by atoms with Gasteiger partial charge in [-0.05, 0) is 36.4 Å². The van der Waals surface area contributed by atoms with Crippen molar-refractivity contribution in [3.8, 4) is 0 Å². The van der Waals surface area contributed by atoms with E-state index in [-0.39, 0.29) is 16.1 Å². The lowest BCUT2D eigenvalue weighted by molar-refractivity contribution is 0.628. The van der Waals surface area contributed by atoms with Gasteiger partial charge in [0.1, 0.15) is 5.82 Å². The van der Waals surface area contributed by atoms with E-state index in [2.05, 4.69) is 20.3 Å². The molecule has 26 heavy (non-hydrogen) atoms. The maximum atomic E-state index is 13.5. The van der Waals surface area contributed by atoms with Crippen LogP contribution in [0, 0.1) is 5.82 Å². The highest BCUT2D eigenvalue weighted by Gasteiger charge is 2.14. The minimum absolute atomic E-state index is 0.0282. The highest BCUT2D eigenvalue weighted by molar-refractivity contribution is 6.31. The van der Waals surface area contributed by atoms with Crippen LogP contribution >= 0.6 is 11.6 Å². The number of H-pyrrole nitrogens is 1. The maximum Gasteiger partial charge on any atom is 0.277 e. The van der Waals surface area contributed by atoms with Crippen LogP contribution in [0.1, 0.15) is 11.3 Å². The van der Waals surface area contributed by atoms with Gasteiger partial charge in [0.05, 0.1) is 28.3 Å². The molecule has 0 aliphatic carbocycles. The van der Waals surface area contributed by atoms with E-state index in [0.29, 0.717) is 22.5 Å². The van der Waals surface area contributed by atoms with Crippen LogP contribution in [0.2, 0.25) is 5.02 Å². The van der Waals surface area contributed by atoms with Gasteiger partial charge in [0, 0.05) is 17.3 Å². The number of benzene rings is 1. The van der Waals surface area contributed by atoms with E-state index in [1.54, 1.807) is 30.5 Å². The van der Waals surface area contributed by atoms with E-state index in [9.17, 15) is 9.18 Å². The van der Waals surface area contributed by atoms with Crippen molar-refractivity contribution in [3.63, 3.8) is 0 Å². The fourth-order valence-corrected chi connectivity index (χ4v) is 2.89. The molecule has 7 heteroatoms. The molecule has 5 nitrogen and oxygen atoms in total. The summed E-state index contributed by atoms with van der Waals surface area (Å²) in [6.07, 6.45) is 8.63. The fourth-order valence-electron chi connectivity index (χ4n) is 2.71.